The topological polar surface area (TPSA) is 110 Å². The van der Waals surface area contributed by atoms with Gasteiger partial charge in [0.25, 0.3) is 5.69 Å². The van der Waals surface area contributed by atoms with Crippen molar-refractivity contribution in [1.82, 2.24) is 0 Å². The molecule has 0 saturated heterocycles. The number of nitro groups is 1. The zero-order valence-electron chi connectivity index (χ0n) is 8.04. The highest BCUT2D eigenvalue weighted by molar-refractivity contribution is 6.02. The van der Waals surface area contributed by atoms with Gasteiger partial charge in [0.15, 0.2) is 0 Å². The highest BCUT2D eigenvalue weighted by Gasteiger charge is 2.15. The summed E-state index contributed by atoms with van der Waals surface area (Å²) in [5, 5.41) is 21.1. The molecule has 16 heavy (non-hydrogen) atoms. The van der Waals surface area contributed by atoms with Crippen molar-refractivity contribution in [3.05, 3.63) is 34.4 Å². The van der Waals surface area contributed by atoms with E-state index in [9.17, 15) is 19.7 Å². The summed E-state index contributed by atoms with van der Waals surface area (Å²) in [7, 11) is 0. The first-order valence-corrected chi connectivity index (χ1v) is 4.26. The van der Waals surface area contributed by atoms with Crippen LogP contribution in [-0.2, 0) is 9.59 Å². The fourth-order valence-electron chi connectivity index (χ4n) is 1.07. The molecule has 1 aromatic rings. The Morgan fingerprint density at radius 3 is 2.56 bits per heavy atom. The predicted molar refractivity (Wildman–Crippen MR) is 54.0 cm³/mol. The molecule has 0 aliphatic carbocycles. The number of nitrogens with zero attached hydrogens (tertiary/aromatic N) is 1. The Morgan fingerprint density at radius 2 is 2.00 bits per heavy atom. The third-order valence-electron chi connectivity index (χ3n) is 1.69. The number of carbonyl (C=O) groups excluding carboxylic acids is 1. The minimum atomic E-state index is -1.30. The van der Waals surface area contributed by atoms with Gasteiger partial charge in [0.1, 0.15) is 12.1 Å². The van der Waals surface area contributed by atoms with E-state index in [0.29, 0.717) is 0 Å². The van der Waals surface area contributed by atoms with Gasteiger partial charge >= 0.3 is 5.97 Å². The van der Waals surface area contributed by atoms with Gasteiger partial charge in [0.05, 0.1) is 4.92 Å². The maximum atomic E-state index is 11.1. The van der Waals surface area contributed by atoms with Crippen LogP contribution in [0.15, 0.2) is 24.3 Å². The summed E-state index contributed by atoms with van der Waals surface area (Å²) < 4.78 is 0. The maximum absolute atomic E-state index is 11.1. The van der Waals surface area contributed by atoms with Gasteiger partial charge in [0.2, 0.25) is 5.91 Å². The third-order valence-corrected chi connectivity index (χ3v) is 1.69. The molecule has 0 atom stereocenters. The second-order valence-corrected chi connectivity index (χ2v) is 2.89. The first kappa shape index (κ1) is 11.6. The number of aliphatic carboxylic acids is 1. The van der Waals surface area contributed by atoms with Crippen molar-refractivity contribution >= 4 is 23.3 Å². The summed E-state index contributed by atoms with van der Waals surface area (Å²) in [6.45, 7) is 0. The lowest BCUT2D eigenvalue weighted by molar-refractivity contribution is -0.383. The van der Waals surface area contributed by atoms with Crippen molar-refractivity contribution in [1.29, 1.82) is 0 Å². The highest BCUT2D eigenvalue weighted by atomic mass is 16.6. The van der Waals surface area contributed by atoms with Gasteiger partial charge in [0, 0.05) is 6.07 Å². The molecule has 0 aliphatic rings. The van der Waals surface area contributed by atoms with Gasteiger partial charge in [-0.05, 0) is 6.07 Å². The predicted octanol–water partition coefficient (Wildman–Crippen LogP) is 1.01. The number of benzene rings is 1. The summed E-state index contributed by atoms with van der Waals surface area (Å²) in [4.78, 5) is 31.2. The van der Waals surface area contributed by atoms with Gasteiger partial charge < -0.3 is 10.4 Å². The van der Waals surface area contributed by atoms with Gasteiger partial charge in [-0.1, -0.05) is 12.1 Å². The lowest BCUT2D eigenvalue weighted by atomic mass is 10.2. The van der Waals surface area contributed by atoms with Crippen molar-refractivity contribution < 1.29 is 19.6 Å². The van der Waals surface area contributed by atoms with E-state index in [1.807, 2.05) is 0 Å². The lowest BCUT2D eigenvalue weighted by Gasteiger charge is -2.03. The molecule has 0 spiro atoms. The molecule has 0 saturated carbocycles. The van der Waals surface area contributed by atoms with E-state index in [0.717, 1.165) is 0 Å². The van der Waals surface area contributed by atoms with Gasteiger partial charge in [-0.15, -0.1) is 0 Å². The average Bonchev–Trinajstić information content (AvgIpc) is 2.16. The Balaban J connectivity index is 2.84. The number of rotatable bonds is 4. The van der Waals surface area contributed by atoms with Crippen LogP contribution in [-0.4, -0.2) is 21.9 Å². The minimum absolute atomic E-state index is 0.0150. The number of para-hydroxylation sites is 2. The molecule has 1 amide bonds. The molecule has 0 aliphatic heterocycles. The first-order chi connectivity index (χ1) is 7.50. The quantitative estimate of drug-likeness (QED) is 0.450. The third kappa shape index (κ3) is 3.05. The van der Waals surface area contributed by atoms with Crippen LogP contribution in [0.1, 0.15) is 6.42 Å². The molecule has 7 heteroatoms. The van der Waals surface area contributed by atoms with Crippen LogP contribution in [0.3, 0.4) is 0 Å². The van der Waals surface area contributed by atoms with E-state index in [-0.39, 0.29) is 11.4 Å². The number of carbonyl (C=O) groups is 2. The molecular formula is C9H8N2O5. The Bertz CT molecular complexity index is 443. The Kier molecular flexibility index (Phi) is 3.54. The molecule has 84 valence electrons. The van der Waals surface area contributed by atoms with Crippen LogP contribution in [0.25, 0.3) is 0 Å². The summed E-state index contributed by atoms with van der Waals surface area (Å²) >= 11 is 0. The van der Waals surface area contributed by atoms with Gasteiger partial charge in [-0.2, -0.15) is 0 Å². The molecular weight excluding hydrogens is 216 g/mol. The Hall–Kier alpha value is -2.44. The second kappa shape index (κ2) is 4.87. The van der Waals surface area contributed by atoms with E-state index in [1.54, 1.807) is 0 Å². The molecule has 1 aromatic carbocycles. The van der Waals surface area contributed by atoms with Crippen molar-refractivity contribution in [3.8, 4) is 0 Å². The molecule has 0 fully saturated rings. The average molecular weight is 224 g/mol. The number of hydrogen-bond acceptors (Lipinski definition) is 4. The fraction of sp³-hybridized carbons (Fsp3) is 0.111. The first-order valence-electron chi connectivity index (χ1n) is 4.26. The summed E-state index contributed by atoms with van der Waals surface area (Å²) in [6.07, 6.45) is -0.730. The Morgan fingerprint density at radius 1 is 1.38 bits per heavy atom. The Labute approximate surface area is 89.8 Å². The van der Waals surface area contributed by atoms with E-state index < -0.39 is 23.2 Å². The number of carboxylic acid groups (broad SMARTS) is 1. The largest absolute Gasteiger partial charge is 0.481 e. The zero-order valence-corrected chi connectivity index (χ0v) is 8.04. The number of carboxylic acids is 1. The highest BCUT2D eigenvalue weighted by Crippen LogP contribution is 2.23. The summed E-state index contributed by atoms with van der Waals surface area (Å²) in [5.74, 6) is -2.10. The summed E-state index contributed by atoms with van der Waals surface area (Å²) in [6, 6.07) is 5.50. The van der Waals surface area contributed by atoms with E-state index >= 15 is 0 Å². The zero-order chi connectivity index (χ0) is 12.1. The molecule has 2 N–H and O–H groups in total. The normalized spacial score (nSPS) is 9.50. The van der Waals surface area contributed by atoms with Crippen LogP contribution in [0.2, 0.25) is 0 Å². The molecule has 0 bridgehead atoms. The fourth-order valence-corrected chi connectivity index (χ4v) is 1.07. The molecule has 0 unspecified atom stereocenters. The van der Waals surface area contributed by atoms with Crippen LogP contribution >= 0.6 is 0 Å². The molecule has 1 rings (SSSR count). The molecule has 0 heterocycles. The maximum Gasteiger partial charge on any atom is 0.312 e. The van der Waals surface area contributed by atoms with E-state index in [2.05, 4.69) is 5.32 Å². The monoisotopic (exact) mass is 224 g/mol. The van der Waals surface area contributed by atoms with Crippen molar-refractivity contribution in [2.45, 2.75) is 6.42 Å². The number of nitro benzene ring substituents is 1. The lowest BCUT2D eigenvalue weighted by Crippen LogP contribution is -2.16. The van der Waals surface area contributed by atoms with Crippen molar-refractivity contribution in [3.63, 3.8) is 0 Å². The minimum Gasteiger partial charge on any atom is -0.481 e. The van der Waals surface area contributed by atoms with Crippen molar-refractivity contribution in [2.75, 3.05) is 5.32 Å². The van der Waals surface area contributed by atoms with Crippen LogP contribution in [0.5, 0.6) is 0 Å². The number of amides is 1. The van der Waals surface area contributed by atoms with E-state index in [1.165, 1.54) is 24.3 Å². The van der Waals surface area contributed by atoms with Crippen LogP contribution < -0.4 is 5.32 Å². The van der Waals surface area contributed by atoms with E-state index in [4.69, 9.17) is 5.11 Å². The SMILES string of the molecule is O=C(O)CC(=O)Nc1ccccc1[N+](=O)[O-]. The summed E-state index contributed by atoms with van der Waals surface area (Å²) in [5.41, 5.74) is -0.292. The number of hydrogen-bond donors (Lipinski definition) is 2. The smallest absolute Gasteiger partial charge is 0.312 e. The van der Waals surface area contributed by atoms with Crippen molar-refractivity contribution in [2.24, 2.45) is 0 Å². The second-order valence-electron chi connectivity index (χ2n) is 2.89. The van der Waals surface area contributed by atoms with Crippen LogP contribution in [0.4, 0.5) is 11.4 Å². The van der Waals surface area contributed by atoms with Gasteiger partial charge in [-0.3, -0.25) is 19.7 Å². The molecule has 0 radical (unpaired) electrons. The molecule has 0 aromatic heterocycles. The number of anilines is 1. The van der Waals surface area contributed by atoms with Gasteiger partial charge in [-0.25, -0.2) is 0 Å². The molecule has 7 nitrogen and oxygen atoms in total. The standard InChI is InChI=1S/C9H8N2O5/c12-8(5-9(13)14)10-6-3-1-2-4-7(6)11(15)16/h1-4H,5H2,(H,10,12)(H,13,14). The van der Waals surface area contributed by atoms with Crippen LogP contribution in [0, 0.1) is 10.1 Å². The number of nitrogens with one attached hydrogen (secondary N) is 1.